The molecule has 0 aliphatic carbocycles. The highest BCUT2D eigenvalue weighted by atomic mass is 35.5. The van der Waals surface area contributed by atoms with Crippen molar-refractivity contribution < 1.29 is 19.2 Å². The molecule has 1 fully saturated rings. The third-order valence-electron chi connectivity index (χ3n) is 5.14. The Morgan fingerprint density at radius 1 is 1.10 bits per heavy atom. The monoisotopic (exact) mass is 448 g/mol. The Kier molecular flexibility index (Phi) is 7.67. The Hall–Kier alpha value is -2.88. The molecule has 166 valence electrons. The molecule has 1 aliphatic rings. The first-order chi connectivity index (χ1) is 14.9. The topological polar surface area (TPSA) is 97.2 Å². The second kappa shape index (κ2) is 10.4. The van der Waals surface area contributed by atoms with Crippen molar-refractivity contribution in [2.24, 2.45) is 0 Å². The quantitative estimate of drug-likeness (QED) is 0.489. The van der Waals surface area contributed by atoms with Crippen molar-refractivity contribution in [3.8, 4) is 11.5 Å². The minimum absolute atomic E-state index is 0.0341. The van der Waals surface area contributed by atoms with Gasteiger partial charge in [-0.1, -0.05) is 11.6 Å². The van der Waals surface area contributed by atoms with Gasteiger partial charge in [-0.3, -0.25) is 24.7 Å². The van der Waals surface area contributed by atoms with Crippen molar-refractivity contribution in [2.75, 3.05) is 52.3 Å². The van der Waals surface area contributed by atoms with Crippen LogP contribution >= 0.6 is 11.6 Å². The smallest absolute Gasteiger partial charge is 0.289 e. The van der Waals surface area contributed by atoms with Gasteiger partial charge in [0, 0.05) is 50.0 Å². The van der Waals surface area contributed by atoms with E-state index in [2.05, 4.69) is 15.1 Å². The molecule has 0 radical (unpaired) electrons. The summed E-state index contributed by atoms with van der Waals surface area (Å²) in [6.45, 7) is 4.03. The van der Waals surface area contributed by atoms with Crippen LogP contribution in [-0.4, -0.2) is 67.6 Å². The second-order valence-corrected chi connectivity index (χ2v) is 7.61. The first-order valence-electron chi connectivity index (χ1n) is 9.79. The number of ether oxygens (including phenoxy) is 2. The third-order valence-corrected chi connectivity index (χ3v) is 5.46. The number of halogens is 1. The number of nitro groups is 1. The van der Waals surface area contributed by atoms with Crippen molar-refractivity contribution in [2.45, 2.75) is 6.54 Å². The van der Waals surface area contributed by atoms with Gasteiger partial charge in [-0.25, -0.2) is 0 Å². The molecule has 9 nitrogen and oxygen atoms in total. The highest BCUT2D eigenvalue weighted by molar-refractivity contribution is 6.32. The van der Waals surface area contributed by atoms with Gasteiger partial charge in [-0.2, -0.15) is 0 Å². The number of nitro benzene ring substituents is 1. The SMILES string of the molecule is COc1ccc(OC)c(CN2CCN(CC(=O)Nc3ccc(Cl)c([N+](=O)[O-])c3)CC2)c1. The number of nitrogens with zero attached hydrogens (tertiary/aromatic N) is 3. The molecule has 1 saturated heterocycles. The predicted octanol–water partition coefficient (Wildman–Crippen LogP) is 3.02. The van der Waals surface area contributed by atoms with Gasteiger partial charge in [0.1, 0.15) is 16.5 Å². The molecule has 2 aromatic carbocycles. The van der Waals surface area contributed by atoms with Gasteiger partial charge < -0.3 is 14.8 Å². The largest absolute Gasteiger partial charge is 0.497 e. The van der Waals surface area contributed by atoms with Gasteiger partial charge >= 0.3 is 0 Å². The zero-order chi connectivity index (χ0) is 22.4. The number of carbonyl (C=O) groups is 1. The lowest BCUT2D eigenvalue weighted by Gasteiger charge is -2.34. The molecule has 2 aromatic rings. The lowest BCUT2D eigenvalue weighted by molar-refractivity contribution is -0.384. The average molecular weight is 449 g/mol. The van der Waals surface area contributed by atoms with E-state index in [1.165, 1.54) is 12.1 Å². The average Bonchev–Trinajstić information content (AvgIpc) is 2.76. The Bertz CT molecular complexity index is 947. The van der Waals surface area contributed by atoms with E-state index in [0.717, 1.165) is 49.8 Å². The summed E-state index contributed by atoms with van der Waals surface area (Å²) in [4.78, 5) is 27.1. The number of piperazine rings is 1. The number of amides is 1. The molecule has 0 aromatic heterocycles. The van der Waals surface area contributed by atoms with Crippen LogP contribution in [0.2, 0.25) is 5.02 Å². The van der Waals surface area contributed by atoms with Crippen LogP contribution in [0.15, 0.2) is 36.4 Å². The van der Waals surface area contributed by atoms with Gasteiger partial charge in [0.05, 0.1) is 25.7 Å². The van der Waals surface area contributed by atoms with Gasteiger partial charge in [-0.05, 0) is 30.3 Å². The minimum Gasteiger partial charge on any atom is -0.497 e. The van der Waals surface area contributed by atoms with Crippen LogP contribution < -0.4 is 14.8 Å². The summed E-state index contributed by atoms with van der Waals surface area (Å²) >= 11 is 5.81. The number of nitrogens with one attached hydrogen (secondary N) is 1. The number of anilines is 1. The van der Waals surface area contributed by atoms with E-state index in [0.29, 0.717) is 5.69 Å². The second-order valence-electron chi connectivity index (χ2n) is 7.20. The Morgan fingerprint density at radius 3 is 2.45 bits per heavy atom. The van der Waals surface area contributed by atoms with E-state index < -0.39 is 4.92 Å². The molecule has 0 bridgehead atoms. The highest BCUT2D eigenvalue weighted by Gasteiger charge is 2.21. The van der Waals surface area contributed by atoms with Crippen molar-refractivity contribution >= 4 is 28.9 Å². The summed E-state index contributed by atoms with van der Waals surface area (Å²) in [5.41, 5.74) is 1.17. The number of methoxy groups -OCH3 is 2. The Balaban J connectivity index is 1.51. The van der Waals surface area contributed by atoms with Gasteiger partial charge in [-0.15, -0.1) is 0 Å². The van der Waals surface area contributed by atoms with Crippen LogP contribution in [0.5, 0.6) is 11.5 Å². The van der Waals surface area contributed by atoms with Crippen molar-refractivity contribution in [1.82, 2.24) is 9.80 Å². The summed E-state index contributed by atoms with van der Waals surface area (Å²) in [6, 6.07) is 9.96. The number of rotatable bonds is 8. The van der Waals surface area contributed by atoms with Crippen molar-refractivity contribution in [1.29, 1.82) is 0 Å². The zero-order valence-electron chi connectivity index (χ0n) is 17.5. The Morgan fingerprint density at radius 2 is 1.81 bits per heavy atom. The number of hydrogen-bond acceptors (Lipinski definition) is 7. The van der Waals surface area contributed by atoms with Gasteiger partial charge in [0.25, 0.3) is 5.69 Å². The van der Waals surface area contributed by atoms with E-state index in [-0.39, 0.29) is 23.2 Å². The molecular formula is C21H25ClN4O5. The molecule has 0 spiro atoms. The summed E-state index contributed by atoms with van der Waals surface area (Å²) in [7, 11) is 3.29. The molecule has 1 heterocycles. The fourth-order valence-electron chi connectivity index (χ4n) is 3.49. The number of benzene rings is 2. The normalized spacial score (nSPS) is 14.8. The maximum Gasteiger partial charge on any atom is 0.289 e. The molecule has 31 heavy (non-hydrogen) atoms. The molecule has 1 aliphatic heterocycles. The van der Waals surface area contributed by atoms with Crippen LogP contribution in [-0.2, 0) is 11.3 Å². The molecule has 1 amide bonds. The predicted molar refractivity (Wildman–Crippen MR) is 118 cm³/mol. The Labute approximate surface area is 185 Å². The zero-order valence-corrected chi connectivity index (χ0v) is 18.2. The highest BCUT2D eigenvalue weighted by Crippen LogP contribution is 2.28. The summed E-state index contributed by atoms with van der Waals surface area (Å²) in [5.74, 6) is 1.38. The molecule has 0 unspecified atom stereocenters. The molecular weight excluding hydrogens is 424 g/mol. The fraction of sp³-hybridized carbons (Fsp3) is 0.381. The summed E-state index contributed by atoms with van der Waals surface area (Å²) < 4.78 is 10.8. The van der Waals surface area contributed by atoms with Crippen LogP contribution in [0, 0.1) is 10.1 Å². The van der Waals surface area contributed by atoms with Crippen molar-refractivity contribution in [3.63, 3.8) is 0 Å². The van der Waals surface area contributed by atoms with Crippen LogP contribution in [0.25, 0.3) is 0 Å². The van der Waals surface area contributed by atoms with E-state index >= 15 is 0 Å². The van der Waals surface area contributed by atoms with E-state index in [9.17, 15) is 14.9 Å². The maximum atomic E-state index is 12.4. The molecule has 1 N–H and O–H groups in total. The number of hydrogen-bond donors (Lipinski definition) is 1. The van der Waals surface area contributed by atoms with E-state index in [4.69, 9.17) is 21.1 Å². The van der Waals surface area contributed by atoms with E-state index in [1.54, 1.807) is 20.3 Å². The standard InChI is InChI=1S/C21H25ClN4O5/c1-30-17-4-6-20(31-2)15(11-17)13-24-7-9-25(10-8-24)14-21(27)23-16-3-5-18(22)19(12-16)26(28)29/h3-6,11-12H,7-10,13-14H2,1-2H3,(H,23,27). The molecule has 0 saturated carbocycles. The molecule has 3 rings (SSSR count). The minimum atomic E-state index is -0.575. The van der Waals surface area contributed by atoms with Crippen LogP contribution in [0.4, 0.5) is 11.4 Å². The lowest BCUT2D eigenvalue weighted by Crippen LogP contribution is -2.48. The van der Waals surface area contributed by atoms with Crippen molar-refractivity contribution in [3.05, 3.63) is 57.1 Å². The van der Waals surface area contributed by atoms with E-state index in [1.807, 2.05) is 18.2 Å². The first-order valence-corrected chi connectivity index (χ1v) is 10.2. The lowest BCUT2D eigenvalue weighted by atomic mass is 10.1. The van der Waals surface area contributed by atoms with Gasteiger partial charge in [0.15, 0.2) is 0 Å². The van der Waals surface area contributed by atoms with Crippen LogP contribution in [0.1, 0.15) is 5.56 Å². The maximum absolute atomic E-state index is 12.4. The summed E-state index contributed by atoms with van der Waals surface area (Å²) in [6.07, 6.45) is 0. The van der Waals surface area contributed by atoms with Crippen LogP contribution in [0.3, 0.4) is 0 Å². The molecule has 0 atom stereocenters. The summed E-state index contributed by atoms with van der Waals surface area (Å²) in [5, 5.41) is 13.7. The van der Waals surface area contributed by atoms with Gasteiger partial charge in [0.2, 0.25) is 5.91 Å². The number of carbonyl (C=O) groups excluding carboxylic acids is 1. The third kappa shape index (κ3) is 6.06. The first kappa shape index (κ1) is 22.8. The molecule has 10 heteroatoms. The fourth-order valence-corrected chi connectivity index (χ4v) is 3.67.